The van der Waals surface area contributed by atoms with Gasteiger partial charge in [0, 0.05) is 26.6 Å². The lowest BCUT2D eigenvalue weighted by Crippen LogP contribution is -2.22. The SMILES string of the molecule is CCCc1nc(NCCN(C)C)c(N)c(OCCOC)n1. The monoisotopic (exact) mass is 297 g/mol. The normalized spacial score (nSPS) is 10.9. The molecule has 7 heteroatoms. The first-order valence-corrected chi connectivity index (χ1v) is 7.25. The van der Waals surface area contributed by atoms with Gasteiger partial charge in [-0.25, -0.2) is 4.98 Å². The van der Waals surface area contributed by atoms with Crippen molar-refractivity contribution in [1.82, 2.24) is 14.9 Å². The minimum atomic E-state index is 0.417. The van der Waals surface area contributed by atoms with Crippen molar-refractivity contribution in [3.05, 3.63) is 5.82 Å². The van der Waals surface area contributed by atoms with E-state index < -0.39 is 0 Å². The second-order valence-corrected chi connectivity index (χ2v) is 5.03. The first kappa shape index (κ1) is 17.5. The van der Waals surface area contributed by atoms with Crippen LogP contribution in [0.2, 0.25) is 0 Å². The van der Waals surface area contributed by atoms with Crippen LogP contribution in [0.25, 0.3) is 0 Å². The molecule has 0 saturated heterocycles. The van der Waals surface area contributed by atoms with E-state index in [9.17, 15) is 0 Å². The Bertz CT molecular complexity index is 426. The van der Waals surface area contributed by atoms with Crippen molar-refractivity contribution >= 4 is 11.5 Å². The maximum absolute atomic E-state index is 6.08. The van der Waals surface area contributed by atoms with Crippen LogP contribution in [-0.2, 0) is 11.2 Å². The number of nitrogens with one attached hydrogen (secondary N) is 1. The highest BCUT2D eigenvalue weighted by Gasteiger charge is 2.12. The fraction of sp³-hybridized carbons (Fsp3) is 0.714. The Balaban J connectivity index is 2.82. The van der Waals surface area contributed by atoms with Crippen molar-refractivity contribution in [3.8, 4) is 5.88 Å². The summed E-state index contributed by atoms with van der Waals surface area (Å²) in [6, 6.07) is 0. The first-order valence-electron chi connectivity index (χ1n) is 7.25. The number of likely N-dealkylation sites (N-methyl/N-ethyl adjacent to an activating group) is 1. The molecule has 0 aliphatic carbocycles. The lowest BCUT2D eigenvalue weighted by Gasteiger charge is -2.15. The largest absolute Gasteiger partial charge is 0.474 e. The van der Waals surface area contributed by atoms with Gasteiger partial charge >= 0.3 is 0 Å². The molecule has 3 N–H and O–H groups in total. The molecule has 0 radical (unpaired) electrons. The Labute approximate surface area is 126 Å². The second kappa shape index (κ2) is 9.36. The van der Waals surface area contributed by atoms with Gasteiger partial charge in [0.2, 0.25) is 5.88 Å². The van der Waals surface area contributed by atoms with Gasteiger partial charge < -0.3 is 25.4 Å². The molecule has 0 aliphatic rings. The van der Waals surface area contributed by atoms with Crippen molar-refractivity contribution in [2.24, 2.45) is 0 Å². The minimum absolute atomic E-state index is 0.417. The zero-order valence-electron chi connectivity index (χ0n) is 13.5. The summed E-state index contributed by atoms with van der Waals surface area (Å²) in [6.07, 6.45) is 1.77. The highest BCUT2D eigenvalue weighted by molar-refractivity contribution is 5.66. The molecule has 7 nitrogen and oxygen atoms in total. The molecule has 0 unspecified atom stereocenters. The number of nitrogens with two attached hydrogens (primary N) is 1. The number of hydrogen-bond donors (Lipinski definition) is 2. The van der Waals surface area contributed by atoms with Crippen LogP contribution < -0.4 is 15.8 Å². The minimum Gasteiger partial charge on any atom is -0.474 e. The summed E-state index contributed by atoms with van der Waals surface area (Å²) >= 11 is 0. The van der Waals surface area contributed by atoms with E-state index in [0.29, 0.717) is 30.6 Å². The average Bonchev–Trinajstić information content (AvgIpc) is 2.43. The topological polar surface area (TPSA) is 85.5 Å². The van der Waals surface area contributed by atoms with Gasteiger partial charge in [0.25, 0.3) is 0 Å². The zero-order valence-corrected chi connectivity index (χ0v) is 13.5. The summed E-state index contributed by atoms with van der Waals surface area (Å²) in [4.78, 5) is 10.9. The summed E-state index contributed by atoms with van der Waals surface area (Å²) in [5, 5.41) is 3.24. The maximum atomic E-state index is 6.08. The number of nitrogens with zero attached hydrogens (tertiary/aromatic N) is 3. The Morgan fingerprint density at radius 1 is 1.24 bits per heavy atom. The van der Waals surface area contributed by atoms with Gasteiger partial charge in [-0.3, -0.25) is 0 Å². The molecule has 0 saturated carbocycles. The van der Waals surface area contributed by atoms with Crippen molar-refractivity contribution in [1.29, 1.82) is 0 Å². The molecular formula is C14H27N5O2. The third-order valence-electron chi connectivity index (χ3n) is 2.81. The van der Waals surface area contributed by atoms with E-state index >= 15 is 0 Å². The molecule has 1 heterocycles. The molecule has 1 aromatic rings. The molecule has 0 amide bonds. The number of aromatic nitrogens is 2. The van der Waals surface area contributed by atoms with Gasteiger partial charge in [-0.15, -0.1) is 0 Å². The van der Waals surface area contributed by atoms with Crippen molar-refractivity contribution in [2.45, 2.75) is 19.8 Å². The number of aryl methyl sites for hydroxylation is 1. The standard InChI is InChI=1S/C14H27N5O2/c1-5-6-11-17-13(16-7-8-19(2)3)12(15)14(18-11)21-10-9-20-4/h5-10,15H2,1-4H3,(H,16,17,18). The van der Waals surface area contributed by atoms with E-state index in [1.807, 2.05) is 14.1 Å². The van der Waals surface area contributed by atoms with Crippen LogP contribution >= 0.6 is 0 Å². The third-order valence-corrected chi connectivity index (χ3v) is 2.81. The average molecular weight is 297 g/mol. The number of anilines is 2. The van der Waals surface area contributed by atoms with Crippen LogP contribution in [-0.4, -0.2) is 62.4 Å². The van der Waals surface area contributed by atoms with Crippen molar-refractivity contribution in [3.63, 3.8) is 0 Å². The molecule has 0 fully saturated rings. The molecule has 0 atom stereocenters. The first-order chi connectivity index (χ1) is 10.1. The smallest absolute Gasteiger partial charge is 0.242 e. The van der Waals surface area contributed by atoms with E-state index in [-0.39, 0.29) is 0 Å². The van der Waals surface area contributed by atoms with E-state index in [4.69, 9.17) is 15.2 Å². The predicted octanol–water partition coefficient (Wildman–Crippen LogP) is 1.01. The maximum Gasteiger partial charge on any atom is 0.242 e. The van der Waals surface area contributed by atoms with E-state index in [2.05, 4.69) is 27.1 Å². The zero-order chi connectivity index (χ0) is 15.7. The quantitative estimate of drug-likeness (QED) is 0.623. The molecule has 0 spiro atoms. The van der Waals surface area contributed by atoms with E-state index in [1.165, 1.54) is 0 Å². The molecule has 21 heavy (non-hydrogen) atoms. The lowest BCUT2D eigenvalue weighted by atomic mass is 10.3. The predicted molar refractivity (Wildman–Crippen MR) is 84.9 cm³/mol. The third kappa shape index (κ3) is 6.14. The summed E-state index contributed by atoms with van der Waals surface area (Å²) < 4.78 is 10.6. The molecule has 0 aromatic carbocycles. The number of rotatable bonds is 10. The van der Waals surface area contributed by atoms with Crippen molar-refractivity contribution < 1.29 is 9.47 Å². The lowest BCUT2D eigenvalue weighted by molar-refractivity contribution is 0.144. The van der Waals surface area contributed by atoms with Gasteiger partial charge in [0.15, 0.2) is 5.82 Å². The van der Waals surface area contributed by atoms with Gasteiger partial charge in [-0.2, -0.15) is 4.98 Å². The van der Waals surface area contributed by atoms with Crippen LogP contribution in [0.1, 0.15) is 19.2 Å². The van der Waals surface area contributed by atoms with Gasteiger partial charge in [0.05, 0.1) is 6.61 Å². The van der Waals surface area contributed by atoms with Crippen LogP contribution in [0.5, 0.6) is 5.88 Å². The van der Waals surface area contributed by atoms with Crippen LogP contribution in [0, 0.1) is 0 Å². The van der Waals surface area contributed by atoms with E-state index in [0.717, 1.165) is 31.8 Å². The van der Waals surface area contributed by atoms with Gasteiger partial charge in [-0.1, -0.05) is 6.92 Å². The molecule has 0 aliphatic heterocycles. The Morgan fingerprint density at radius 3 is 2.62 bits per heavy atom. The molecule has 1 rings (SSSR count). The number of hydrogen-bond acceptors (Lipinski definition) is 7. The Kier molecular flexibility index (Phi) is 7.78. The fourth-order valence-corrected chi connectivity index (χ4v) is 1.69. The van der Waals surface area contributed by atoms with E-state index in [1.54, 1.807) is 7.11 Å². The van der Waals surface area contributed by atoms with Crippen molar-refractivity contribution in [2.75, 3.05) is 58.6 Å². The Morgan fingerprint density at radius 2 is 2.00 bits per heavy atom. The summed E-state index contributed by atoms with van der Waals surface area (Å²) in [6.45, 7) is 4.66. The summed E-state index contributed by atoms with van der Waals surface area (Å²) in [5.74, 6) is 1.81. The highest BCUT2D eigenvalue weighted by Crippen LogP contribution is 2.26. The molecule has 1 aromatic heterocycles. The fourth-order valence-electron chi connectivity index (χ4n) is 1.69. The summed E-state index contributed by atoms with van der Waals surface area (Å²) in [5.41, 5.74) is 6.53. The molecular weight excluding hydrogens is 270 g/mol. The Hall–Kier alpha value is -1.60. The van der Waals surface area contributed by atoms with Gasteiger partial charge in [0.1, 0.15) is 18.1 Å². The number of methoxy groups -OCH3 is 1. The van der Waals surface area contributed by atoms with Crippen LogP contribution in [0.4, 0.5) is 11.5 Å². The summed E-state index contributed by atoms with van der Waals surface area (Å²) in [7, 11) is 5.67. The van der Waals surface area contributed by atoms with Crippen LogP contribution in [0.15, 0.2) is 0 Å². The molecule has 120 valence electrons. The highest BCUT2D eigenvalue weighted by atomic mass is 16.5. The molecule has 0 bridgehead atoms. The van der Waals surface area contributed by atoms with Gasteiger partial charge in [-0.05, 0) is 20.5 Å². The number of nitrogen functional groups attached to an aromatic ring is 1. The number of ether oxygens (including phenoxy) is 2. The second-order valence-electron chi connectivity index (χ2n) is 5.03. The van der Waals surface area contributed by atoms with Crippen LogP contribution in [0.3, 0.4) is 0 Å².